The van der Waals surface area contributed by atoms with Crippen LogP contribution in [0.3, 0.4) is 0 Å². The van der Waals surface area contributed by atoms with Gasteiger partial charge in [0.05, 0.1) is 4.88 Å². The number of benzene rings is 2. The van der Waals surface area contributed by atoms with Gasteiger partial charge in [-0.25, -0.2) is 9.97 Å². The van der Waals surface area contributed by atoms with Crippen LogP contribution in [0, 0.1) is 0 Å². The molecule has 0 fully saturated rings. The molecule has 4 aromatic rings. The second kappa shape index (κ2) is 8.99. The molecule has 1 atom stereocenters. The van der Waals surface area contributed by atoms with Crippen molar-refractivity contribution in [3.8, 4) is 10.4 Å². The zero-order valence-corrected chi connectivity index (χ0v) is 17.4. The summed E-state index contributed by atoms with van der Waals surface area (Å²) in [5.41, 5.74) is 3.71. The quantitative estimate of drug-likeness (QED) is 0.404. The molecule has 2 aromatic carbocycles. The number of hydrogen-bond donors (Lipinski definition) is 1. The first-order valence-electron chi connectivity index (χ1n) is 9.67. The van der Waals surface area contributed by atoms with E-state index in [9.17, 15) is 0 Å². The van der Waals surface area contributed by atoms with E-state index in [1.165, 1.54) is 16.7 Å². The van der Waals surface area contributed by atoms with Gasteiger partial charge in [0.2, 0.25) is 0 Å². The molecule has 0 aliphatic heterocycles. The predicted octanol–water partition coefficient (Wildman–Crippen LogP) is 6.14. The average molecular weight is 401 g/mol. The number of nitrogens with zero attached hydrogens (tertiary/aromatic N) is 3. The van der Waals surface area contributed by atoms with Crippen LogP contribution < -0.4 is 5.32 Å². The fourth-order valence-corrected chi connectivity index (χ4v) is 4.06. The molecule has 4 rings (SSSR count). The van der Waals surface area contributed by atoms with Crippen molar-refractivity contribution in [3.63, 3.8) is 0 Å². The molecule has 1 unspecified atom stereocenters. The summed E-state index contributed by atoms with van der Waals surface area (Å²) < 4.78 is 0. The van der Waals surface area contributed by atoms with E-state index in [2.05, 4.69) is 88.8 Å². The van der Waals surface area contributed by atoms with Crippen molar-refractivity contribution in [1.29, 1.82) is 0 Å². The highest BCUT2D eigenvalue weighted by atomic mass is 32.1. The molecule has 5 heteroatoms. The number of thiazole rings is 1. The lowest BCUT2D eigenvalue weighted by Gasteiger charge is -2.25. The minimum Gasteiger partial charge on any atom is -0.316 e. The molecule has 0 spiro atoms. The predicted molar refractivity (Wildman–Crippen MR) is 121 cm³/mol. The number of nitrogens with one attached hydrogen (secondary N) is 1. The van der Waals surface area contributed by atoms with Gasteiger partial charge in [0, 0.05) is 25.0 Å². The largest absolute Gasteiger partial charge is 0.316 e. The van der Waals surface area contributed by atoms with Crippen LogP contribution in [0.2, 0.25) is 0 Å². The topological polar surface area (TPSA) is 41.1 Å². The van der Waals surface area contributed by atoms with E-state index < -0.39 is 0 Å². The molecule has 0 saturated carbocycles. The van der Waals surface area contributed by atoms with Crippen LogP contribution in [0.25, 0.3) is 10.4 Å². The Kier molecular flexibility index (Phi) is 5.98. The first kappa shape index (κ1) is 19.3. The number of aromatic nitrogens is 2. The molecule has 0 amide bonds. The van der Waals surface area contributed by atoms with Gasteiger partial charge in [0.15, 0.2) is 5.13 Å². The Hall–Kier alpha value is -3.02. The molecule has 4 nitrogen and oxygen atoms in total. The molecule has 0 saturated heterocycles. The van der Waals surface area contributed by atoms with Crippen molar-refractivity contribution in [3.05, 3.63) is 96.3 Å². The molecule has 2 aromatic heterocycles. The zero-order chi connectivity index (χ0) is 20.1. The first-order chi connectivity index (χ1) is 14.2. The molecule has 2 heterocycles. The van der Waals surface area contributed by atoms with Crippen LogP contribution in [0.1, 0.15) is 24.1 Å². The van der Waals surface area contributed by atoms with Gasteiger partial charge in [0.25, 0.3) is 0 Å². The van der Waals surface area contributed by atoms with Gasteiger partial charge in [-0.15, -0.1) is 0 Å². The normalized spacial score (nSPS) is 12.1. The molecule has 0 bridgehead atoms. The van der Waals surface area contributed by atoms with Crippen LogP contribution in [0.5, 0.6) is 0 Å². The molecule has 0 radical (unpaired) electrons. The van der Waals surface area contributed by atoms with Crippen molar-refractivity contribution < 1.29 is 0 Å². The molecule has 29 heavy (non-hydrogen) atoms. The van der Waals surface area contributed by atoms with Gasteiger partial charge in [-0.05, 0) is 42.8 Å². The van der Waals surface area contributed by atoms with Gasteiger partial charge in [-0.2, -0.15) is 0 Å². The number of pyridine rings is 1. The summed E-state index contributed by atoms with van der Waals surface area (Å²) in [4.78, 5) is 12.4. The Bertz CT molecular complexity index is 1050. The van der Waals surface area contributed by atoms with Gasteiger partial charge in [-0.1, -0.05) is 72.0 Å². The second-order valence-electron chi connectivity index (χ2n) is 7.07. The fourth-order valence-electron chi connectivity index (χ4n) is 3.23. The molecule has 0 aliphatic rings. The lowest BCUT2D eigenvalue weighted by Crippen LogP contribution is -2.21. The summed E-state index contributed by atoms with van der Waals surface area (Å²) >= 11 is 1.63. The van der Waals surface area contributed by atoms with E-state index in [-0.39, 0.29) is 0 Å². The van der Waals surface area contributed by atoms with Crippen LogP contribution in [-0.2, 0) is 6.54 Å². The maximum absolute atomic E-state index is 4.50. The van der Waals surface area contributed by atoms with Crippen molar-refractivity contribution in [1.82, 2.24) is 14.9 Å². The minimum atomic E-state index is 0.341. The first-order valence-corrected chi connectivity index (χ1v) is 10.5. The van der Waals surface area contributed by atoms with E-state index >= 15 is 0 Å². The Morgan fingerprint density at radius 3 is 2.45 bits per heavy atom. The summed E-state index contributed by atoms with van der Waals surface area (Å²) in [6.45, 7) is 3.08. The van der Waals surface area contributed by atoms with Crippen LogP contribution in [0.15, 0.2) is 85.2 Å². The summed E-state index contributed by atoms with van der Waals surface area (Å²) in [7, 11) is 2.15. The molecule has 1 N–H and O–H groups in total. The van der Waals surface area contributed by atoms with E-state index in [0.29, 0.717) is 6.04 Å². The van der Waals surface area contributed by atoms with Crippen molar-refractivity contribution in [2.45, 2.75) is 19.5 Å². The highest BCUT2D eigenvalue weighted by Crippen LogP contribution is 2.30. The Labute approximate surface area is 175 Å². The van der Waals surface area contributed by atoms with E-state index in [0.717, 1.165) is 22.4 Å². The Morgan fingerprint density at radius 1 is 0.966 bits per heavy atom. The highest BCUT2D eigenvalue weighted by Gasteiger charge is 2.12. The lowest BCUT2D eigenvalue weighted by molar-refractivity contribution is 0.253. The summed E-state index contributed by atoms with van der Waals surface area (Å²) in [6, 6.07) is 25.4. The van der Waals surface area contributed by atoms with E-state index in [4.69, 9.17) is 0 Å². The minimum absolute atomic E-state index is 0.341. The maximum atomic E-state index is 4.50. The number of hydrogen-bond acceptors (Lipinski definition) is 5. The van der Waals surface area contributed by atoms with E-state index in [1.807, 2.05) is 30.6 Å². The standard InChI is InChI=1S/C24H24N4S/c1-18(20-9-5-3-6-10-20)28(2)17-19-13-14-25-23(15-19)27-24-26-16-22(29-24)21-11-7-4-8-12-21/h3-16,18H,17H2,1-2H3,(H,25,26,27). The third kappa shape index (κ3) is 4.88. The number of anilines is 2. The number of rotatable bonds is 7. The smallest absolute Gasteiger partial charge is 0.188 e. The third-order valence-electron chi connectivity index (χ3n) is 5.00. The molecular formula is C24H24N4S. The Morgan fingerprint density at radius 2 is 1.69 bits per heavy atom. The maximum Gasteiger partial charge on any atom is 0.188 e. The third-order valence-corrected chi connectivity index (χ3v) is 5.96. The van der Waals surface area contributed by atoms with Crippen LogP contribution in [0.4, 0.5) is 10.9 Å². The summed E-state index contributed by atoms with van der Waals surface area (Å²) in [6.07, 6.45) is 3.76. The van der Waals surface area contributed by atoms with Crippen LogP contribution in [-0.4, -0.2) is 21.9 Å². The monoisotopic (exact) mass is 400 g/mol. The van der Waals surface area contributed by atoms with Crippen molar-refractivity contribution in [2.24, 2.45) is 0 Å². The average Bonchev–Trinajstić information content (AvgIpc) is 3.23. The Balaban J connectivity index is 1.43. The van der Waals surface area contributed by atoms with Gasteiger partial charge >= 0.3 is 0 Å². The highest BCUT2D eigenvalue weighted by molar-refractivity contribution is 7.18. The van der Waals surface area contributed by atoms with Gasteiger partial charge < -0.3 is 5.32 Å². The molecule has 146 valence electrons. The summed E-state index contributed by atoms with van der Waals surface area (Å²) in [5.74, 6) is 0.817. The second-order valence-corrected chi connectivity index (χ2v) is 8.10. The van der Waals surface area contributed by atoms with Crippen molar-refractivity contribution >= 4 is 22.3 Å². The zero-order valence-electron chi connectivity index (χ0n) is 16.6. The lowest BCUT2D eigenvalue weighted by atomic mass is 10.1. The van der Waals surface area contributed by atoms with Gasteiger partial charge in [0.1, 0.15) is 5.82 Å². The van der Waals surface area contributed by atoms with Crippen LogP contribution >= 0.6 is 11.3 Å². The molecular weight excluding hydrogens is 376 g/mol. The fraction of sp³-hybridized carbons (Fsp3) is 0.167. The van der Waals surface area contributed by atoms with E-state index in [1.54, 1.807) is 11.3 Å². The SMILES string of the molecule is CC(c1ccccc1)N(C)Cc1ccnc(Nc2ncc(-c3ccccc3)s2)c1. The van der Waals surface area contributed by atoms with Crippen molar-refractivity contribution in [2.75, 3.05) is 12.4 Å². The molecule has 0 aliphatic carbocycles. The van der Waals surface area contributed by atoms with Gasteiger partial charge in [-0.3, -0.25) is 4.90 Å². The summed E-state index contributed by atoms with van der Waals surface area (Å²) in [5, 5.41) is 4.19.